The molecule has 2 aliphatic rings. The van der Waals surface area contributed by atoms with Gasteiger partial charge in [0, 0.05) is 49.3 Å². The highest BCUT2D eigenvalue weighted by atomic mass is 19.1. The first kappa shape index (κ1) is 20.2. The summed E-state index contributed by atoms with van der Waals surface area (Å²) < 4.78 is 19.8. The first-order chi connectivity index (χ1) is 15.3. The Bertz CT molecular complexity index is 1190. The van der Waals surface area contributed by atoms with E-state index in [4.69, 9.17) is 4.74 Å². The number of carbonyl (C=O) groups is 1. The van der Waals surface area contributed by atoms with Crippen LogP contribution in [0.3, 0.4) is 0 Å². The number of pyridine rings is 1. The number of hydrogen-bond donors (Lipinski definition) is 0. The van der Waals surface area contributed by atoms with E-state index in [1.165, 1.54) is 11.0 Å². The molecule has 0 saturated carbocycles. The molecule has 1 saturated heterocycles. The summed E-state index contributed by atoms with van der Waals surface area (Å²) in [5.74, 6) is 0.750. The normalized spacial score (nSPS) is 19.6. The molecule has 5 rings (SSSR count). The maximum absolute atomic E-state index is 14.5. The van der Waals surface area contributed by atoms with E-state index in [-0.39, 0.29) is 6.04 Å². The average molecular weight is 435 g/mol. The highest BCUT2D eigenvalue weighted by molar-refractivity contribution is 5.90. The largest absolute Gasteiger partial charge is 0.441 e. The molecule has 164 valence electrons. The molecule has 0 bridgehead atoms. The van der Waals surface area contributed by atoms with Crippen molar-refractivity contribution in [3.8, 4) is 11.6 Å². The number of aromatic nitrogens is 5. The van der Waals surface area contributed by atoms with Crippen LogP contribution in [0, 0.1) is 5.95 Å². The van der Waals surface area contributed by atoms with Gasteiger partial charge in [0.15, 0.2) is 11.6 Å². The molecule has 0 N–H and O–H groups in total. The lowest BCUT2D eigenvalue weighted by molar-refractivity contribution is 0.0871. The number of hydrogen-bond acceptors (Lipinski definition) is 8. The molecule has 0 aromatic carbocycles. The molecule has 32 heavy (non-hydrogen) atoms. The minimum Gasteiger partial charge on any atom is -0.441 e. The predicted octanol–water partition coefficient (Wildman–Crippen LogP) is 3.33. The van der Waals surface area contributed by atoms with Crippen molar-refractivity contribution >= 4 is 17.6 Å². The van der Waals surface area contributed by atoms with Crippen molar-refractivity contribution in [3.05, 3.63) is 54.0 Å². The van der Waals surface area contributed by atoms with Crippen LogP contribution in [-0.4, -0.2) is 49.7 Å². The summed E-state index contributed by atoms with van der Waals surface area (Å²) in [6, 6.07) is 4.59. The molecule has 1 atom stereocenters. The molecule has 1 unspecified atom stereocenters. The molecule has 2 aliphatic heterocycles. The summed E-state index contributed by atoms with van der Waals surface area (Å²) >= 11 is 0. The van der Waals surface area contributed by atoms with E-state index in [0.717, 1.165) is 11.3 Å². The summed E-state index contributed by atoms with van der Waals surface area (Å²) in [4.78, 5) is 37.3. The van der Waals surface area contributed by atoms with Crippen LogP contribution in [0.4, 0.5) is 20.7 Å². The third-order valence-electron chi connectivity index (χ3n) is 5.67. The number of nitrogens with zero attached hydrogens (tertiary/aromatic N) is 7. The Morgan fingerprint density at radius 3 is 2.62 bits per heavy atom. The van der Waals surface area contributed by atoms with Crippen molar-refractivity contribution < 1.29 is 13.9 Å². The van der Waals surface area contributed by atoms with Crippen LogP contribution in [0.5, 0.6) is 0 Å². The molecule has 0 spiro atoms. The van der Waals surface area contributed by atoms with Crippen molar-refractivity contribution in [2.45, 2.75) is 38.8 Å². The summed E-state index contributed by atoms with van der Waals surface area (Å²) in [5.41, 5.74) is 1.64. The van der Waals surface area contributed by atoms with E-state index >= 15 is 0 Å². The maximum Gasteiger partial charge on any atom is 0.415 e. The molecule has 9 nitrogen and oxygen atoms in total. The molecule has 1 amide bonds. The number of ether oxygens (including phenoxy) is 1. The van der Waals surface area contributed by atoms with Crippen LogP contribution in [-0.2, 0) is 11.2 Å². The van der Waals surface area contributed by atoms with Gasteiger partial charge in [0.1, 0.15) is 11.4 Å². The van der Waals surface area contributed by atoms with E-state index < -0.39 is 17.6 Å². The zero-order valence-electron chi connectivity index (χ0n) is 18.0. The second-order valence-electron chi connectivity index (χ2n) is 8.51. The Labute approximate surface area is 184 Å². The van der Waals surface area contributed by atoms with Crippen molar-refractivity contribution in [3.63, 3.8) is 0 Å². The lowest BCUT2D eigenvalue weighted by Gasteiger charge is -2.35. The Balaban J connectivity index is 1.45. The number of amides is 1. The summed E-state index contributed by atoms with van der Waals surface area (Å²) in [6.45, 7) is 6.57. The monoisotopic (exact) mass is 435 g/mol. The number of cyclic esters (lactones) is 1. The SMILES string of the molecule is CC1c2cnc(-c3ncccn3)nc2CCN1c1cc(N2CC(C)(C)OC2=O)cc(F)n1. The van der Waals surface area contributed by atoms with Crippen molar-refractivity contribution in [1.82, 2.24) is 24.9 Å². The van der Waals surface area contributed by atoms with Crippen molar-refractivity contribution in [2.75, 3.05) is 22.9 Å². The topological polar surface area (TPSA) is 97.2 Å². The van der Waals surface area contributed by atoms with Gasteiger partial charge in [-0.3, -0.25) is 4.90 Å². The van der Waals surface area contributed by atoms with Gasteiger partial charge in [0.05, 0.1) is 24.0 Å². The number of rotatable bonds is 3. The molecule has 10 heteroatoms. The average Bonchev–Trinajstić information content (AvgIpc) is 3.06. The smallest absolute Gasteiger partial charge is 0.415 e. The second-order valence-corrected chi connectivity index (χ2v) is 8.51. The molecule has 3 aromatic rings. The Hall–Kier alpha value is -3.69. The third kappa shape index (κ3) is 3.61. The van der Waals surface area contributed by atoms with Crippen LogP contribution in [0.2, 0.25) is 0 Å². The highest BCUT2D eigenvalue weighted by Gasteiger charge is 2.39. The first-order valence-corrected chi connectivity index (χ1v) is 10.4. The lowest BCUT2D eigenvalue weighted by atomic mass is 9.99. The molecule has 1 fully saturated rings. The van der Waals surface area contributed by atoms with E-state index in [0.29, 0.717) is 42.7 Å². The Morgan fingerprint density at radius 2 is 1.91 bits per heavy atom. The van der Waals surface area contributed by atoms with E-state index in [1.54, 1.807) is 30.7 Å². The van der Waals surface area contributed by atoms with Gasteiger partial charge < -0.3 is 9.64 Å². The first-order valence-electron chi connectivity index (χ1n) is 10.4. The van der Waals surface area contributed by atoms with Gasteiger partial charge in [-0.25, -0.2) is 29.7 Å². The number of halogens is 1. The quantitative estimate of drug-likeness (QED) is 0.578. The van der Waals surface area contributed by atoms with E-state index in [1.807, 2.05) is 25.7 Å². The summed E-state index contributed by atoms with van der Waals surface area (Å²) in [7, 11) is 0. The molecule has 3 aromatic heterocycles. The zero-order chi connectivity index (χ0) is 22.5. The highest BCUT2D eigenvalue weighted by Crippen LogP contribution is 2.35. The van der Waals surface area contributed by atoms with E-state index in [9.17, 15) is 9.18 Å². The van der Waals surface area contributed by atoms with Gasteiger partial charge in [-0.15, -0.1) is 0 Å². The summed E-state index contributed by atoms with van der Waals surface area (Å²) in [5, 5.41) is 0. The third-order valence-corrected chi connectivity index (χ3v) is 5.67. The number of fused-ring (bicyclic) bond motifs is 1. The van der Waals surface area contributed by atoms with Crippen molar-refractivity contribution in [1.29, 1.82) is 0 Å². The van der Waals surface area contributed by atoms with Crippen LogP contribution >= 0.6 is 0 Å². The minimum absolute atomic E-state index is 0.131. The van der Waals surface area contributed by atoms with Gasteiger partial charge in [-0.1, -0.05) is 0 Å². The molecular weight excluding hydrogens is 413 g/mol. The molecule has 0 radical (unpaired) electrons. The maximum atomic E-state index is 14.5. The van der Waals surface area contributed by atoms with Crippen LogP contribution in [0.15, 0.2) is 36.8 Å². The zero-order valence-corrected chi connectivity index (χ0v) is 18.0. The van der Waals surface area contributed by atoms with Crippen LogP contribution < -0.4 is 9.80 Å². The van der Waals surface area contributed by atoms with Crippen LogP contribution in [0.25, 0.3) is 11.6 Å². The lowest BCUT2D eigenvalue weighted by Crippen LogP contribution is -2.36. The fourth-order valence-electron chi connectivity index (χ4n) is 4.14. The number of carbonyl (C=O) groups excluding carboxylic acids is 1. The van der Waals surface area contributed by atoms with Crippen LogP contribution in [0.1, 0.15) is 38.1 Å². The predicted molar refractivity (Wildman–Crippen MR) is 115 cm³/mol. The molecular formula is C22H22FN7O2. The van der Waals surface area contributed by atoms with E-state index in [2.05, 4.69) is 24.9 Å². The van der Waals surface area contributed by atoms with Gasteiger partial charge in [0.2, 0.25) is 5.95 Å². The summed E-state index contributed by atoms with van der Waals surface area (Å²) in [6.07, 6.45) is 5.22. The van der Waals surface area contributed by atoms with Gasteiger partial charge in [-0.05, 0) is 26.8 Å². The van der Waals surface area contributed by atoms with Gasteiger partial charge in [0.25, 0.3) is 0 Å². The fourth-order valence-corrected chi connectivity index (χ4v) is 4.14. The van der Waals surface area contributed by atoms with Gasteiger partial charge in [-0.2, -0.15) is 4.39 Å². The number of anilines is 2. The second kappa shape index (κ2) is 7.47. The standard InChI is InChI=1S/C22H22FN7O2/c1-13-15-11-26-20(19-24-6-4-7-25-19)27-16(15)5-8-29(13)18-10-14(9-17(23)28-18)30-12-22(2,3)32-21(30)31/h4,6-7,9-11,13H,5,8,12H2,1-3H3. The molecule has 0 aliphatic carbocycles. The fraction of sp³-hybridized carbons (Fsp3) is 0.364. The Morgan fingerprint density at radius 1 is 1.12 bits per heavy atom. The Kier molecular flexibility index (Phi) is 4.72. The molecule has 5 heterocycles. The minimum atomic E-state index is -0.652. The van der Waals surface area contributed by atoms with Crippen molar-refractivity contribution in [2.24, 2.45) is 0 Å². The van der Waals surface area contributed by atoms with Gasteiger partial charge >= 0.3 is 6.09 Å².